The highest BCUT2D eigenvalue weighted by molar-refractivity contribution is 5.73. The molecule has 3 rings (SSSR count). The van der Waals surface area contributed by atoms with E-state index in [2.05, 4.69) is 9.97 Å². The van der Waals surface area contributed by atoms with Gasteiger partial charge in [-0.25, -0.2) is 9.97 Å². The molecule has 0 saturated carbocycles. The lowest BCUT2D eigenvalue weighted by Crippen LogP contribution is -1.95. The molecule has 1 aromatic carbocycles. The van der Waals surface area contributed by atoms with Crippen molar-refractivity contribution in [3.8, 4) is 17.0 Å². The molecule has 0 bridgehead atoms. The van der Waals surface area contributed by atoms with Gasteiger partial charge in [-0.3, -0.25) is 9.20 Å². The van der Waals surface area contributed by atoms with Gasteiger partial charge in [-0.1, -0.05) is 0 Å². The van der Waals surface area contributed by atoms with Gasteiger partial charge in [0.15, 0.2) is 11.9 Å². The third-order valence-corrected chi connectivity index (χ3v) is 3.25. The van der Waals surface area contributed by atoms with Gasteiger partial charge in [0.1, 0.15) is 11.4 Å². The number of methoxy groups -OCH3 is 1. The molecule has 2 aromatic heterocycles. The van der Waals surface area contributed by atoms with Crippen molar-refractivity contribution in [2.24, 2.45) is 0 Å². The molecule has 0 aliphatic rings. The predicted octanol–water partition coefficient (Wildman–Crippen LogP) is 2.53. The van der Waals surface area contributed by atoms with Gasteiger partial charge in [0, 0.05) is 11.8 Å². The fourth-order valence-corrected chi connectivity index (χ4v) is 2.21. The minimum absolute atomic E-state index is 0.378. The van der Waals surface area contributed by atoms with Crippen LogP contribution in [0.2, 0.25) is 0 Å². The van der Waals surface area contributed by atoms with Crippen LogP contribution in [0.5, 0.6) is 5.75 Å². The van der Waals surface area contributed by atoms with E-state index in [0.717, 1.165) is 28.9 Å². The molecule has 3 aromatic rings. The average Bonchev–Trinajstić information content (AvgIpc) is 2.89. The van der Waals surface area contributed by atoms with E-state index in [0.29, 0.717) is 11.3 Å². The van der Waals surface area contributed by atoms with Crippen molar-refractivity contribution in [3.63, 3.8) is 0 Å². The number of carbonyl (C=O) groups is 1. The van der Waals surface area contributed by atoms with E-state index in [1.54, 1.807) is 25.7 Å². The zero-order valence-electron chi connectivity index (χ0n) is 11.2. The monoisotopic (exact) mass is 267 g/mol. The Kier molecular flexibility index (Phi) is 2.95. The number of ether oxygens (including phenoxy) is 1. The molecule has 0 atom stereocenters. The molecule has 0 unspecified atom stereocenters. The van der Waals surface area contributed by atoms with Crippen molar-refractivity contribution < 1.29 is 9.53 Å². The second kappa shape index (κ2) is 4.77. The van der Waals surface area contributed by atoms with E-state index in [1.807, 2.05) is 29.5 Å². The standard InChI is InChI=1S/C15H13N3O2/c1-10-5-12(20-2)3-4-13(10)14-6-17-15-7-16-11(9-19)8-18(14)15/h3-9H,1-2H3. The van der Waals surface area contributed by atoms with Gasteiger partial charge >= 0.3 is 0 Å². The van der Waals surface area contributed by atoms with Crippen LogP contribution in [0, 0.1) is 6.92 Å². The van der Waals surface area contributed by atoms with Crippen molar-refractivity contribution in [3.05, 3.63) is 48.0 Å². The highest BCUT2D eigenvalue weighted by Crippen LogP contribution is 2.27. The lowest BCUT2D eigenvalue weighted by atomic mass is 10.1. The Morgan fingerprint density at radius 2 is 2.10 bits per heavy atom. The van der Waals surface area contributed by atoms with Crippen molar-refractivity contribution in [1.82, 2.24) is 14.4 Å². The van der Waals surface area contributed by atoms with E-state index < -0.39 is 0 Å². The van der Waals surface area contributed by atoms with E-state index in [9.17, 15) is 4.79 Å². The first-order chi connectivity index (χ1) is 9.72. The van der Waals surface area contributed by atoms with Gasteiger partial charge in [0.05, 0.1) is 25.2 Å². The number of hydrogen-bond donors (Lipinski definition) is 0. The predicted molar refractivity (Wildman–Crippen MR) is 75.1 cm³/mol. The Balaban J connectivity index is 2.21. The largest absolute Gasteiger partial charge is 0.497 e. The molecule has 0 radical (unpaired) electrons. The number of fused-ring (bicyclic) bond motifs is 1. The summed E-state index contributed by atoms with van der Waals surface area (Å²) in [5.74, 6) is 0.815. The summed E-state index contributed by atoms with van der Waals surface area (Å²) in [4.78, 5) is 19.2. The van der Waals surface area contributed by atoms with Gasteiger partial charge in [-0.15, -0.1) is 0 Å². The summed E-state index contributed by atoms with van der Waals surface area (Å²) in [6, 6.07) is 5.86. The Labute approximate surface area is 115 Å². The maximum absolute atomic E-state index is 10.9. The summed E-state index contributed by atoms with van der Waals surface area (Å²) in [5, 5.41) is 0. The minimum Gasteiger partial charge on any atom is -0.497 e. The Morgan fingerprint density at radius 1 is 1.25 bits per heavy atom. The van der Waals surface area contributed by atoms with Crippen molar-refractivity contribution in [2.45, 2.75) is 6.92 Å². The van der Waals surface area contributed by atoms with Gasteiger partial charge in [-0.2, -0.15) is 0 Å². The summed E-state index contributed by atoms with van der Waals surface area (Å²) in [5.41, 5.74) is 4.13. The van der Waals surface area contributed by atoms with Gasteiger partial charge in [0.2, 0.25) is 0 Å². The van der Waals surface area contributed by atoms with Crippen LogP contribution in [0.3, 0.4) is 0 Å². The van der Waals surface area contributed by atoms with Crippen LogP contribution < -0.4 is 4.74 Å². The molecule has 5 heteroatoms. The number of aromatic nitrogens is 3. The lowest BCUT2D eigenvalue weighted by molar-refractivity contribution is 0.111. The van der Waals surface area contributed by atoms with Crippen LogP contribution in [0.1, 0.15) is 16.1 Å². The molecule has 0 N–H and O–H groups in total. The number of nitrogens with zero attached hydrogens (tertiary/aromatic N) is 3. The molecular formula is C15H13N3O2. The molecule has 0 amide bonds. The highest BCUT2D eigenvalue weighted by atomic mass is 16.5. The SMILES string of the molecule is COc1ccc(-c2cnc3cnc(C=O)cn23)c(C)c1. The van der Waals surface area contributed by atoms with Crippen LogP contribution in [0.25, 0.3) is 16.9 Å². The smallest absolute Gasteiger partial charge is 0.169 e. The first-order valence-corrected chi connectivity index (χ1v) is 6.16. The second-order valence-electron chi connectivity index (χ2n) is 4.48. The summed E-state index contributed by atoms with van der Waals surface area (Å²) in [6.07, 6.45) is 5.78. The minimum atomic E-state index is 0.378. The van der Waals surface area contributed by atoms with Crippen LogP contribution in [-0.4, -0.2) is 27.8 Å². The number of aryl methyl sites for hydroxylation is 1. The quantitative estimate of drug-likeness (QED) is 0.684. The van der Waals surface area contributed by atoms with Crippen molar-refractivity contribution >= 4 is 11.9 Å². The number of imidazole rings is 1. The molecule has 0 aliphatic heterocycles. The van der Waals surface area contributed by atoms with Crippen LogP contribution >= 0.6 is 0 Å². The van der Waals surface area contributed by atoms with Crippen LogP contribution in [0.15, 0.2) is 36.8 Å². The first kappa shape index (κ1) is 12.3. The third-order valence-electron chi connectivity index (χ3n) is 3.25. The average molecular weight is 267 g/mol. The zero-order valence-corrected chi connectivity index (χ0v) is 11.2. The molecule has 0 spiro atoms. The summed E-state index contributed by atoms with van der Waals surface area (Å²) in [6.45, 7) is 2.01. The molecule has 0 fully saturated rings. The molecule has 5 nitrogen and oxygen atoms in total. The number of carbonyl (C=O) groups excluding carboxylic acids is 1. The van der Waals surface area contributed by atoms with Crippen molar-refractivity contribution in [1.29, 1.82) is 0 Å². The van der Waals surface area contributed by atoms with Gasteiger partial charge in [0.25, 0.3) is 0 Å². The fourth-order valence-electron chi connectivity index (χ4n) is 2.21. The van der Waals surface area contributed by atoms with E-state index >= 15 is 0 Å². The Morgan fingerprint density at radius 3 is 2.80 bits per heavy atom. The van der Waals surface area contributed by atoms with Crippen LogP contribution in [-0.2, 0) is 0 Å². The molecule has 2 heterocycles. The van der Waals surface area contributed by atoms with Crippen molar-refractivity contribution in [2.75, 3.05) is 7.11 Å². The normalized spacial score (nSPS) is 10.7. The van der Waals surface area contributed by atoms with Gasteiger partial charge < -0.3 is 4.74 Å². The third kappa shape index (κ3) is 1.93. The summed E-state index contributed by atoms with van der Waals surface area (Å²) < 4.78 is 7.08. The van der Waals surface area contributed by atoms with E-state index in [1.165, 1.54) is 0 Å². The molecule has 0 aliphatic carbocycles. The first-order valence-electron chi connectivity index (χ1n) is 6.16. The highest BCUT2D eigenvalue weighted by Gasteiger charge is 2.10. The fraction of sp³-hybridized carbons (Fsp3) is 0.133. The number of aldehydes is 1. The maximum atomic E-state index is 10.9. The second-order valence-corrected chi connectivity index (χ2v) is 4.48. The zero-order chi connectivity index (χ0) is 14.1. The van der Waals surface area contributed by atoms with E-state index in [-0.39, 0.29) is 0 Å². The van der Waals surface area contributed by atoms with Crippen LogP contribution in [0.4, 0.5) is 0 Å². The number of hydrogen-bond acceptors (Lipinski definition) is 4. The summed E-state index contributed by atoms with van der Waals surface area (Å²) in [7, 11) is 1.64. The van der Waals surface area contributed by atoms with Gasteiger partial charge in [-0.05, 0) is 30.7 Å². The summed E-state index contributed by atoms with van der Waals surface area (Å²) >= 11 is 0. The molecule has 0 saturated heterocycles. The molecule has 20 heavy (non-hydrogen) atoms. The Bertz CT molecular complexity index is 793. The number of benzene rings is 1. The lowest BCUT2D eigenvalue weighted by Gasteiger charge is -2.08. The Hall–Kier alpha value is -2.69. The topological polar surface area (TPSA) is 56.5 Å². The molecular weight excluding hydrogens is 254 g/mol. The number of rotatable bonds is 3. The maximum Gasteiger partial charge on any atom is 0.169 e. The van der Waals surface area contributed by atoms with E-state index in [4.69, 9.17) is 4.74 Å². The molecule has 100 valence electrons.